The van der Waals surface area contributed by atoms with Crippen LogP contribution in [0.5, 0.6) is 0 Å². The van der Waals surface area contributed by atoms with Crippen molar-refractivity contribution in [3.8, 4) is 0 Å². The van der Waals surface area contributed by atoms with Gasteiger partial charge in [-0.2, -0.15) is 0 Å². The van der Waals surface area contributed by atoms with Crippen LogP contribution in [0.4, 0.5) is 0 Å². The van der Waals surface area contributed by atoms with Crippen LogP contribution in [0.15, 0.2) is 12.1 Å². The van der Waals surface area contributed by atoms with Gasteiger partial charge in [0.15, 0.2) is 0 Å². The third kappa shape index (κ3) is 2.05. The maximum absolute atomic E-state index is 3.61. The highest BCUT2D eigenvalue weighted by Gasteiger charge is 2.20. The molecule has 1 aromatic heterocycles. The van der Waals surface area contributed by atoms with Gasteiger partial charge < -0.3 is 10.3 Å². The first-order chi connectivity index (χ1) is 8.66. The van der Waals surface area contributed by atoms with Crippen molar-refractivity contribution in [1.82, 2.24) is 10.3 Å². The molecular formula is C16H22N2. The molecule has 2 N–H and O–H groups in total. The molecule has 2 aromatic rings. The maximum Gasteiger partial charge on any atom is 0.0491 e. The lowest BCUT2D eigenvalue weighted by Gasteiger charge is -2.06. The van der Waals surface area contributed by atoms with E-state index in [1.807, 2.05) is 0 Å². The number of benzene rings is 1. The van der Waals surface area contributed by atoms with Gasteiger partial charge in [0.25, 0.3) is 0 Å². The highest BCUT2D eigenvalue weighted by molar-refractivity contribution is 5.90. The number of rotatable bonds is 4. The highest BCUT2D eigenvalue weighted by atomic mass is 14.9. The topological polar surface area (TPSA) is 27.8 Å². The van der Waals surface area contributed by atoms with Crippen LogP contribution in [-0.2, 0) is 6.42 Å². The summed E-state index contributed by atoms with van der Waals surface area (Å²) in [5.74, 6) is 0. The second kappa shape index (κ2) is 4.43. The molecule has 18 heavy (non-hydrogen) atoms. The molecule has 96 valence electrons. The van der Waals surface area contributed by atoms with Crippen LogP contribution in [0.1, 0.15) is 35.2 Å². The van der Waals surface area contributed by atoms with E-state index in [2.05, 4.69) is 43.2 Å². The monoisotopic (exact) mass is 242 g/mol. The van der Waals surface area contributed by atoms with Gasteiger partial charge in [0.05, 0.1) is 0 Å². The lowest BCUT2D eigenvalue weighted by Crippen LogP contribution is -2.19. The molecule has 0 saturated heterocycles. The van der Waals surface area contributed by atoms with E-state index in [0.717, 1.165) is 19.0 Å². The van der Waals surface area contributed by atoms with Gasteiger partial charge in [-0.1, -0.05) is 12.1 Å². The van der Waals surface area contributed by atoms with Gasteiger partial charge >= 0.3 is 0 Å². The summed E-state index contributed by atoms with van der Waals surface area (Å²) in [5.41, 5.74) is 6.90. The number of aromatic amines is 1. The standard InChI is InChI=1S/C16H22N2/c1-10-4-5-11(2)16-15(10)14(12(3)18-16)8-9-17-13-6-7-13/h4-5,13,17-18H,6-9H2,1-3H3. The van der Waals surface area contributed by atoms with E-state index in [-0.39, 0.29) is 0 Å². The fourth-order valence-corrected chi connectivity index (χ4v) is 2.81. The Balaban J connectivity index is 1.93. The Morgan fingerprint density at radius 2 is 1.89 bits per heavy atom. The van der Waals surface area contributed by atoms with Crippen molar-refractivity contribution >= 4 is 10.9 Å². The molecule has 3 rings (SSSR count). The van der Waals surface area contributed by atoms with Gasteiger partial charge in [-0.05, 0) is 63.3 Å². The van der Waals surface area contributed by atoms with Crippen molar-refractivity contribution in [2.75, 3.05) is 6.54 Å². The van der Waals surface area contributed by atoms with Crippen LogP contribution >= 0.6 is 0 Å². The molecule has 0 atom stereocenters. The summed E-state index contributed by atoms with van der Waals surface area (Å²) < 4.78 is 0. The van der Waals surface area contributed by atoms with E-state index in [4.69, 9.17) is 0 Å². The Hall–Kier alpha value is -1.28. The van der Waals surface area contributed by atoms with Gasteiger partial charge in [-0.15, -0.1) is 0 Å². The predicted molar refractivity (Wildman–Crippen MR) is 77.2 cm³/mol. The number of H-pyrrole nitrogens is 1. The molecule has 0 bridgehead atoms. The minimum atomic E-state index is 0.804. The summed E-state index contributed by atoms with van der Waals surface area (Å²) in [6, 6.07) is 5.25. The molecule has 1 aliphatic carbocycles. The van der Waals surface area contributed by atoms with E-state index in [9.17, 15) is 0 Å². The second-order valence-corrected chi connectivity index (χ2v) is 5.66. The molecule has 1 heterocycles. The lowest BCUT2D eigenvalue weighted by molar-refractivity contribution is 0.682. The predicted octanol–water partition coefficient (Wildman–Crippen LogP) is 3.39. The number of aryl methyl sites for hydroxylation is 3. The average molecular weight is 242 g/mol. The summed E-state index contributed by atoms with van der Waals surface area (Å²) in [6.07, 6.45) is 3.86. The largest absolute Gasteiger partial charge is 0.358 e. The van der Waals surface area contributed by atoms with Gasteiger partial charge in [0, 0.05) is 22.6 Å². The minimum absolute atomic E-state index is 0.804. The normalized spacial score (nSPS) is 15.5. The quantitative estimate of drug-likeness (QED) is 0.845. The fourth-order valence-electron chi connectivity index (χ4n) is 2.81. The lowest BCUT2D eigenvalue weighted by atomic mass is 10.0. The molecule has 1 fully saturated rings. The number of fused-ring (bicyclic) bond motifs is 1. The van der Waals surface area contributed by atoms with Gasteiger partial charge in [0.2, 0.25) is 0 Å². The molecule has 0 unspecified atom stereocenters. The molecule has 1 aliphatic rings. The van der Waals surface area contributed by atoms with E-state index < -0.39 is 0 Å². The SMILES string of the molecule is Cc1[nH]c2c(C)ccc(C)c2c1CCNC1CC1. The van der Waals surface area contributed by atoms with Crippen molar-refractivity contribution in [3.63, 3.8) is 0 Å². The zero-order valence-electron chi connectivity index (χ0n) is 11.6. The van der Waals surface area contributed by atoms with Crippen LogP contribution in [-0.4, -0.2) is 17.6 Å². The Morgan fingerprint density at radius 1 is 1.17 bits per heavy atom. The molecular weight excluding hydrogens is 220 g/mol. The number of hydrogen-bond donors (Lipinski definition) is 2. The molecule has 0 spiro atoms. The first-order valence-corrected chi connectivity index (χ1v) is 6.97. The van der Waals surface area contributed by atoms with E-state index >= 15 is 0 Å². The number of aromatic nitrogens is 1. The van der Waals surface area contributed by atoms with Crippen molar-refractivity contribution in [3.05, 3.63) is 34.5 Å². The van der Waals surface area contributed by atoms with E-state index in [1.165, 1.54) is 46.1 Å². The van der Waals surface area contributed by atoms with Crippen molar-refractivity contribution < 1.29 is 0 Å². The Kier molecular flexibility index (Phi) is 2.90. The summed E-state index contributed by atoms with van der Waals surface area (Å²) >= 11 is 0. The smallest absolute Gasteiger partial charge is 0.0491 e. The van der Waals surface area contributed by atoms with Crippen LogP contribution in [0.3, 0.4) is 0 Å². The van der Waals surface area contributed by atoms with Gasteiger partial charge in [0.1, 0.15) is 0 Å². The summed E-state index contributed by atoms with van der Waals surface area (Å²) in [5, 5.41) is 5.06. The third-order valence-electron chi connectivity index (χ3n) is 4.07. The zero-order valence-corrected chi connectivity index (χ0v) is 11.6. The van der Waals surface area contributed by atoms with Crippen molar-refractivity contribution in [2.45, 2.75) is 46.1 Å². The number of hydrogen-bond acceptors (Lipinski definition) is 1. The number of nitrogens with one attached hydrogen (secondary N) is 2. The Labute approximate surface area is 109 Å². The maximum atomic E-state index is 3.61. The van der Waals surface area contributed by atoms with Crippen molar-refractivity contribution in [1.29, 1.82) is 0 Å². The molecule has 2 nitrogen and oxygen atoms in total. The van der Waals surface area contributed by atoms with Crippen molar-refractivity contribution in [2.24, 2.45) is 0 Å². The summed E-state index contributed by atoms with van der Waals surface area (Å²) in [6.45, 7) is 7.70. The molecule has 0 aliphatic heterocycles. The van der Waals surface area contributed by atoms with Crippen LogP contribution in [0.25, 0.3) is 10.9 Å². The molecule has 0 amide bonds. The molecule has 1 aromatic carbocycles. The van der Waals surface area contributed by atoms with Gasteiger partial charge in [-0.3, -0.25) is 0 Å². The van der Waals surface area contributed by atoms with Crippen LogP contribution < -0.4 is 5.32 Å². The zero-order chi connectivity index (χ0) is 12.7. The van der Waals surface area contributed by atoms with Crippen LogP contribution in [0.2, 0.25) is 0 Å². The minimum Gasteiger partial charge on any atom is -0.358 e. The van der Waals surface area contributed by atoms with E-state index in [1.54, 1.807) is 0 Å². The average Bonchev–Trinajstić information content (AvgIpc) is 3.09. The third-order valence-corrected chi connectivity index (χ3v) is 4.07. The fraction of sp³-hybridized carbons (Fsp3) is 0.500. The highest BCUT2D eigenvalue weighted by Crippen LogP contribution is 2.28. The Bertz CT molecular complexity index is 576. The second-order valence-electron chi connectivity index (χ2n) is 5.66. The molecule has 1 saturated carbocycles. The molecule has 2 heteroatoms. The van der Waals surface area contributed by atoms with Crippen LogP contribution in [0, 0.1) is 20.8 Å². The Morgan fingerprint density at radius 3 is 2.61 bits per heavy atom. The van der Waals surface area contributed by atoms with E-state index in [0.29, 0.717) is 0 Å². The summed E-state index contributed by atoms with van der Waals surface area (Å²) in [4.78, 5) is 3.56. The first-order valence-electron chi connectivity index (χ1n) is 6.97. The summed E-state index contributed by atoms with van der Waals surface area (Å²) in [7, 11) is 0. The first kappa shape index (κ1) is 11.8. The molecule has 0 radical (unpaired) electrons. The van der Waals surface area contributed by atoms with Gasteiger partial charge in [-0.25, -0.2) is 0 Å².